The van der Waals surface area contributed by atoms with Crippen LogP contribution >= 0.6 is 34.8 Å². The fourth-order valence-corrected chi connectivity index (χ4v) is 6.42. The number of rotatable bonds is 13. The average molecular weight is 686 g/mol. The van der Waals surface area contributed by atoms with Gasteiger partial charge >= 0.3 is 0 Å². The first-order chi connectivity index (χ1) is 20.7. The van der Waals surface area contributed by atoms with E-state index in [0.717, 1.165) is 10.4 Å². The van der Waals surface area contributed by atoms with E-state index in [4.69, 9.17) is 39.5 Å². The normalized spacial score (nSPS) is 11.9. The van der Waals surface area contributed by atoms with Gasteiger partial charge in [-0.2, -0.15) is 0 Å². The summed E-state index contributed by atoms with van der Waals surface area (Å²) in [7, 11) is -3.33. The van der Waals surface area contributed by atoms with Gasteiger partial charge < -0.3 is 15.0 Å². The van der Waals surface area contributed by atoms with E-state index in [2.05, 4.69) is 5.32 Å². The van der Waals surface area contributed by atoms with Crippen molar-refractivity contribution in [3.05, 3.63) is 90.9 Å². The van der Waals surface area contributed by atoms with Crippen molar-refractivity contribution in [1.29, 1.82) is 0 Å². The summed E-state index contributed by atoms with van der Waals surface area (Å²) >= 11 is 18.5. The second-order valence-electron chi connectivity index (χ2n) is 9.62. The molecule has 3 rings (SSSR count). The maximum absolute atomic E-state index is 14.2. The van der Waals surface area contributed by atoms with E-state index in [1.807, 2.05) is 0 Å². The summed E-state index contributed by atoms with van der Waals surface area (Å²) in [6, 6.07) is 11.4. The Labute approximate surface area is 270 Å². The Hall–Kier alpha value is -3.58. The third kappa shape index (κ3) is 7.92. The van der Waals surface area contributed by atoms with Crippen LogP contribution in [0.5, 0.6) is 5.75 Å². The lowest BCUT2D eigenvalue weighted by Gasteiger charge is -2.33. The van der Waals surface area contributed by atoms with E-state index in [9.17, 15) is 28.1 Å². The van der Waals surface area contributed by atoms with Gasteiger partial charge in [-0.25, -0.2) is 8.42 Å². The third-order valence-electron chi connectivity index (χ3n) is 6.73. The van der Waals surface area contributed by atoms with Crippen molar-refractivity contribution in [1.82, 2.24) is 10.2 Å². The number of nitro groups is 1. The quantitative estimate of drug-likeness (QED) is 0.172. The van der Waals surface area contributed by atoms with Crippen molar-refractivity contribution in [2.24, 2.45) is 0 Å². The van der Waals surface area contributed by atoms with Crippen molar-refractivity contribution < 1.29 is 27.7 Å². The highest BCUT2D eigenvalue weighted by Crippen LogP contribution is 2.36. The molecule has 0 unspecified atom stereocenters. The van der Waals surface area contributed by atoms with Gasteiger partial charge in [0.1, 0.15) is 18.3 Å². The number of ether oxygens (including phenoxy) is 1. The lowest BCUT2D eigenvalue weighted by molar-refractivity contribution is -0.385. The van der Waals surface area contributed by atoms with Crippen molar-refractivity contribution in [2.45, 2.75) is 44.7 Å². The first kappa shape index (κ1) is 34.9. The number of hydrogen-bond donors (Lipinski definition) is 1. The fourth-order valence-electron chi connectivity index (χ4n) is 4.49. The fraction of sp³-hybridized carbons (Fsp3) is 0.310. The van der Waals surface area contributed by atoms with E-state index in [-0.39, 0.29) is 40.0 Å². The molecule has 0 aliphatic carbocycles. The number of likely N-dealkylation sites (N-methyl/N-ethyl adjacent to an activating group) is 1. The molecule has 0 heterocycles. The van der Waals surface area contributed by atoms with Crippen molar-refractivity contribution in [2.75, 3.05) is 24.5 Å². The van der Waals surface area contributed by atoms with Crippen molar-refractivity contribution >= 4 is 68.0 Å². The molecule has 0 aliphatic heterocycles. The SMILES string of the molecule is CCNC(=O)[C@@H](CC)N(Cc1ccc(Cl)c(Cl)c1)C(=O)CN(c1cc(Cl)ccc1OC)S(=O)(=O)c1ccc(C)c([N+](=O)[O-])c1. The summed E-state index contributed by atoms with van der Waals surface area (Å²) in [5.74, 6) is -1.12. The summed E-state index contributed by atoms with van der Waals surface area (Å²) in [5.41, 5.74) is 0.285. The molecule has 0 aliphatic rings. The highest BCUT2D eigenvalue weighted by atomic mass is 35.5. The number of carbonyl (C=O) groups is 2. The Balaban J connectivity index is 2.20. The maximum atomic E-state index is 14.2. The number of nitrogens with one attached hydrogen (secondary N) is 1. The summed E-state index contributed by atoms with van der Waals surface area (Å²) in [5, 5.41) is 15.0. The van der Waals surface area contributed by atoms with Crippen LogP contribution < -0.4 is 14.4 Å². The van der Waals surface area contributed by atoms with Gasteiger partial charge in [0.05, 0.1) is 32.7 Å². The van der Waals surface area contributed by atoms with Crippen LogP contribution in [0.4, 0.5) is 11.4 Å². The molecule has 0 bridgehead atoms. The van der Waals surface area contributed by atoms with E-state index in [1.165, 1.54) is 49.3 Å². The molecule has 3 aromatic rings. The van der Waals surface area contributed by atoms with Crippen molar-refractivity contribution in [3.63, 3.8) is 0 Å². The molecule has 15 heteroatoms. The molecular formula is C29H31Cl3N4O7S. The molecule has 0 spiro atoms. The van der Waals surface area contributed by atoms with Gasteiger partial charge in [0.2, 0.25) is 11.8 Å². The number of carbonyl (C=O) groups excluding carboxylic acids is 2. The van der Waals surface area contributed by atoms with Crippen LogP contribution in [-0.2, 0) is 26.2 Å². The number of anilines is 1. The number of nitrogens with zero attached hydrogens (tertiary/aromatic N) is 3. The van der Waals surface area contributed by atoms with Crippen LogP contribution in [-0.4, -0.2) is 56.3 Å². The number of hydrogen-bond acceptors (Lipinski definition) is 7. The highest BCUT2D eigenvalue weighted by Gasteiger charge is 2.35. The smallest absolute Gasteiger partial charge is 0.273 e. The number of amides is 2. The van der Waals surface area contributed by atoms with Crippen molar-refractivity contribution in [3.8, 4) is 5.75 Å². The summed E-state index contributed by atoms with van der Waals surface area (Å²) in [4.78, 5) is 39.0. The number of methoxy groups -OCH3 is 1. The number of aryl methyl sites for hydroxylation is 1. The average Bonchev–Trinajstić information content (AvgIpc) is 2.97. The summed E-state index contributed by atoms with van der Waals surface area (Å²) < 4.78 is 34.6. The highest BCUT2D eigenvalue weighted by molar-refractivity contribution is 7.92. The molecule has 0 aromatic heterocycles. The number of halogens is 3. The van der Waals surface area contributed by atoms with Crippen LogP contribution in [0, 0.1) is 17.0 Å². The second kappa shape index (κ2) is 14.9. The van der Waals surface area contributed by atoms with Gasteiger partial charge in [-0.15, -0.1) is 0 Å². The Morgan fingerprint density at radius 2 is 1.73 bits per heavy atom. The molecule has 2 amide bonds. The lowest BCUT2D eigenvalue weighted by Crippen LogP contribution is -2.52. The number of sulfonamides is 1. The maximum Gasteiger partial charge on any atom is 0.273 e. The monoisotopic (exact) mass is 684 g/mol. The predicted octanol–water partition coefficient (Wildman–Crippen LogP) is 6.01. The van der Waals surface area contributed by atoms with Crippen LogP contribution in [0.2, 0.25) is 15.1 Å². The van der Waals surface area contributed by atoms with Crippen LogP contribution in [0.3, 0.4) is 0 Å². The standard InChI is InChI=1S/C29H31Cl3N4O7S/c1-5-24(29(38)33-6-2)34(16-19-8-11-22(31)23(32)13-19)28(37)17-35(26-14-20(30)9-12-27(26)43-4)44(41,42)21-10-7-18(3)25(15-21)36(39)40/h7-15,24H,5-6,16-17H2,1-4H3,(H,33,38)/t24-/m1/s1. The lowest BCUT2D eigenvalue weighted by atomic mass is 10.1. The van der Waals surface area contributed by atoms with Crippen LogP contribution in [0.25, 0.3) is 0 Å². The zero-order valence-corrected chi connectivity index (χ0v) is 27.4. The first-order valence-corrected chi connectivity index (χ1v) is 15.9. The topological polar surface area (TPSA) is 139 Å². The minimum absolute atomic E-state index is 0.0687. The van der Waals surface area contributed by atoms with Gasteiger partial charge in [0.25, 0.3) is 15.7 Å². The third-order valence-corrected chi connectivity index (χ3v) is 9.46. The number of benzene rings is 3. The zero-order chi connectivity index (χ0) is 32.8. The molecule has 236 valence electrons. The minimum atomic E-state index is -4.65. The molecule has 1 atom stereocenters. The zero-order valence-electron chi connectivity index (χ0n) is 24.3. The Morgan fingerprint density at radius 1 is 1.02 bits per heavy atom. The molecule has 1 N–H and O–H groups in total. The van der Waals surface area contributed by atoms with E-state index < -0.39 is 49.9 Å². The second-order valence-corrected chi connectivity index (χ2v) is 12.7. The number of nitro benzene ring substituents is 1. The van der Waals surface area contributed by atoms with Crippen LogP contribution in [0.1, 0.15) is 31.4 Å². The summed E-state index contributed by atoms with van der Waals surface area (Å²) in [6.45, 7) is 4.31. The van der Waals surface area contributed by atoms with Gasteiger partial charge in [0.15, 0.2) is 0 Å². The molecule has 0 saturated heterocycles. The predicted molar refractivity (Wildman–Crippen MR) is 170 cm³/mol. The molecular weight excluding hydrogens is 655 g/mol. The molecule has 11 nitrogen and oxygen atoms in total. The van der Waals surface area contributed by atoms with Crippen LogP contribution in [0.15, 0.2) is 59.5 Å². The van der Waals surface area contributed by atoms with Gasteiger partial charge in [-0.3, -0.25) is 24.0 Å². The Morgan fingerprint density at radius 3 is 2.32 bits per heavy atom. The van der Waals surface area contributed by atoms with Gasteiger partial charge in [-0.05, 0) is 62.2 Å². The molecule has 44 heavy (non-hydrogen) atoms. The van der Waals surface area contributed by atoms with E-state index in [0.29, 0.717) is 17.1 Å². The van der Waals surface area contributed by atoms with E-state index in [1.54, 1.807) is 32.0 Å². The molecule has 0 fully saturated rings. The molecule has 0 saturated carbocycles. The summed E-state index contributed by atoms with van der Waals surface area (Å²) in [6.07, 6.45) is 0.205. The molecule has 3 aromatic carbocycles. The Kier molecular flexibility index (Phi) is 11.8. The Bertz CT molecular complexity index is 1670. The molecule has 0 radical (unpaired) electrons. The largest absolute Gasteiger partial charge is 0.495 e. The van der Waals surface area contributed by atoms with E-state index >= 15 is 0 Å². The van der Waals surface area contributed by atoms with Gasteiger partial charge in [0, 0.05) is 29.7 Å². The first-order valence-electron chi connectivity index (χ1n) is 13.4. The minimum Gasteiger partial charge on any atom is -0.495 e. The van der Waals surface area contributed by atoms with Gasteiger partial charge in [-0.1, -0.05) is 53.9 Å².